The fraction of sp³-hybridized carbons (Fsp3) is 0.500. The summed E-state index contributed by atoms with van der Waals surface area (Å²) in [4.78, 5) is 3.95. The van der Waals surface area contributed by atoms with Crippen molar-refractivity contribution < 1.29 is 5.11 Å². The van der Waals surface area contributed by atoms with E-state index in [9.17, 15) is 0 Å². The van der Waals surface area contributed by atoms with E-state index < -0.39 is 0 Å². The van der Waals surface area contributed by atoms with E-state index in [-0.39, 0.29) is 6.10 Å². The fourth-order valence-electron chi connectivity index (χ4n) is 1.52. The number of hydrogen-bond acceptors (Lipinski definition) is 3. The zero-order valence-corrected chi connectivity index (χ0v) is 7.48. The molecule has 2 N–H and O–H groups in total. The maximum atomic E-state index is 9.07. The van der Waals surface area contributed by atoms with Gasteiger partial charge in [0.1, 0.15) is 0 Å². The highest BCUT2D eigenvalue weighted by Crippen LogP contribution is 2.19. The lowest BCUT2D eigenvalue weighted by molar-refractivity contribution is 0.0619. The molecule has 1 aliphatic carbocycles. The summed E-state index contributed by atoms with van der Waals surface area (Å²) in [6, 6.07) is 4.51. The normalized spacial score (nSPS) is 26.8. The van der Waals surface area contributed by atoms with E-state index in [0.717, 1.165) is 19.4 Å². The number of nitrogens with one attached hydrogen (secondary N) is 1. The summed E-state index contributed by atoms with van der Waals surface area (Å²) >= 11 is 0. The third-order valence-corrected chi connectivity index (χ3v) is 2.46. The van der Waals surface area contributed by atoms with Gasteiger partial charge >= 0.3 is 0 Å². The van der Waals surface area contributed by atoms with E-state index in [1.807, 2.05) is 12.1 Å². The summed E-state index contributed by atoms with van der Waals surface area (Å²) < 4.78 is 0. The largest absolute Gasteiger partial charge is 0.393 e. The third kappa shape index (κ3) is 2.26. The van der Waals surface area contributed by atoms with Crippen LogP contribution in [0.15, 0.2) is 24.5 Å². The van der Waals surface area contributed by atoms with Crippen LogP contribution >= 0.6 is 0 Å². The molecule has 0 unspecified atom stereocenters. The van der Waals surface area contributed by atoms with Gasteiger partial charge in [-0.05, 0) is 30.5 Å². The van der Waals surface area contributed by atoms with Gasteiger partial charge in [0.15, 0.2) is 0 Å². The van der Waals surface area contributed by atoms with Crippen LogP contribution in [0.25, 0.3) is 0 Å². The first kappa shape index (κ1) is 8.66. The van der Waals surface area contributed by atoms with Gasteiger partial charge in [-0.1, -0.05) is 0 Å². The molecular weight excluding hydrogens is 164 g/mol. The van der Waals surface area contributed by atoms with Gasteiger partial charge in [-0.3, -0.25) is 4.98 Å². The first-order valence-electron chi connectivity index (χ1n) is 4.65. The van der Waals surface area contributed by atoms with Gasteiger partial charge in [0, 0.05) is 25.0 Å². The monoisotopic (exact) mass is 178 g/mol. The van der Waals surface area contributed by atoms with Crippen molar-refractivity contribution in [2.75, 3.05) is 0 Å². The molecule has 0 aliphatic heterocycles. The number of rotatable bonds is 3. The average molecular weight is 178 g/mol. The summed E-state index contributed by atoms with van der Waals surface area (Å²) in [7, 11) is 0. The lowest BCUT2D eigenvalue weighted by atomic mass is 9.89. The molecule has 0 radical (unpaired) electrons. The second-order valence-electron chi connectivity index (χ2n) is 3.56. The Hall–Kier alpha value is -0.930. The highest BCUT2D eigenvalue weighted by Gasteiger charge is 2.26. The molecule has 0 bridgehead atoms. The molecule has 0 aromatic carbocycles. The second-order valence-corrected chi connectivity index (χ2v) is 3.56. The Labute approximate surface area is 77.8 Å². The molecule has 70 valence electrons. The van der Waals surface area contributed by atoms with E-state index in [1.54, 1.807) is 12.4 Å². The van der Waals surface area contributed by atoms with Crippen LogP contribution in [0, 0.1) is 0 Å². The molecule has 3 nitrogen and oxygen atoms in total. The smallest absolute Gasteiger partial charge is 0.0570 e. The highest BCUT2D eigenvalue weighted by molar-refractivity contribution is 5.09. The number of nitrogens with zero attached hydrogens (tertiary/aromatic N) is 1. The van der Waals surface area contributed by atoms with Gasteiger partial charge in [-0.2, -0.15) is 0 Å². The van der Waals surface area contributed by atoms with Crippen molar-refractivity contribution in [2.24, 2.45) is 0 Å². The van der Waals surface area contributed by atoms with Crippen LogP contribution in [0.5, 0.6) is 0 Å². The summed E-state index contributed by atoms with van der Waals surface area (Å²) in [6.45, 7) is 0.875. The summed E-state index contributed by atoms with van der Waals surface area (Å²) in [5, 5.41) is 12.4. The van der Waals surface area contributed by atoms with Crippen molar-refractivity contribution in [3.8, 4) is 0 Å². The second kappa shape index (κ2) is 3.85. The van der Waals surface area contributed by atoms with Crippen molar-refractivity contribution in [3.63, 3.8) is 0 Å². The van der Waals surface area contributed by atoms with E-state index in [1.165, 1.54) is 5.56 Å². The van der Waals surface area contributed by atoms with Crippen molar-refractivity contribution >= 4 is 0 Å². The molecule has 3 heteroatoms. The topological polar surface area (TPSA) is 45.1 Å². The van der Waals surface area contributed by atoms with Crippen LogP contribution in [0.4, 0.5) is 0 Å². The van der Waals surface area contributed by atoms with Crippen molar-refractivity contribution in [1.82, 2.24) is 10.3 Å². The predicted molar refractivity (Wildman–Crippen MR) is 50.1 cm³/mol. The van der Waals surface area contributed by atoms with Crippen molar-refractivity contribution in [3.05, 3.63) is 30.1 Å². The Morgan fingerprint density at radius 3 is 2.69 bits per heavy atom. The molecule has 1 aromatic heterocycles. The minimum atomic E-state index is -0.0741. The number of pyridine rings is 1. The number of hydrogen-bond donors (Lipinski definition) is 2. The molecule has 1 aliphatic rings. The number of aliphatic hydroxyl groups excluding tert-OH is 1. The molecule has 0 amide bonds. The molecule has 1 saturated carbocycles. The molecule has 13 heavy (non-hydrogen) atoms. The maximum Gasteiger partial charge on any atom is 0.0570 e. The molecule has 1 fully saturated rings. The third-order valence-electron chi connectivity index (χ3n) is 2.46. The Kier molecular flexibility index (Phi) is 2.57. The Morgan fingerprint density at radius 2 is 2.08 bits per heavy atom. The lowest BCUT2D eigenvalue weighted by Gasteiger charge is -2.32. The van der Waals surface area contributed by atoms with Crippen LogP contribution in [0.3, 0.4) is 0 Å². The molecule has 1 heterocycles. The van der Waals surface area contributed by atoms with E-state index in [0.29, 0.717) is 6.04 Å². The van der Waals surface area contributed by atoms with Crippen LogP contribution in [0.1, 0.15) is 18.4 Å². The van der Waals surface area contributed by atoms with Crippen LogP contribution in [-0.2, 0) is 6.54 Å². The van der Waals surface area contributed by atoms with E-state index in [2.05, 4.69) is 10.3 Å². The molecule has 1 aromatic rings. The predicted octanol–water partition coefficient (Wildman–Crippen LogP) is 0.694. The fourth-order valence-corrected chi connectivity index (χ4v) is 1.52. The number of aliphatic hydroxyl groups is 1. The van der Waals surface area contributed by atoms with Crippen LogP contribution in [-0.4, -0.2) is 22.2 Å². The van der Waals surface area contributed by atoms with E-state index in [4.69, 9.17) is 5.11 Å². The van der Waals surface area contributed by atoms with Gasteiger partial charge in [0.2, 0.25) is 0 Å². The van der Waals surface area contributed by atoms with Gasteiger partial charge < -0.3 is 10.4 Å². The van der Waals surface area contributed by atoms with Crippen LogP contribution < -0.4 is 5.32 Å². The Bertz CT molecular complexity index is 257. The van der Waals surface area contributed by atoms with Crippen molar-refractivity contribution in [2.45, 2.75) is 31.5 Å². The lowest BCUT2D eigenvalue weighted by Crippen LogP contribution is -2.43. The molecule has 2 rings (SSSR count). The minimum Gasteiger partial charge on any atom is -0.393 e. The first-order valence-corrected chi connectivity index (χ1v) is 4.65. The molecule has 0 saturated heterocycles. The summed E-state index contributed by atoms with van der Waals surface area (Å²) in [6.07, 6.45) is 5.31. The zero-order chi connectivity index (χ0) is 9.10. The molecular formula is C10H14N2O. The Morgan fingerprint density at radius 1 is 1.38 bits per heavy atom. The van der Waals surface area contributed by atoms with Crippen LogP contribution in [0.2, 0.25) is 0 Å². The van der Waals surface area contributed by atoms with Gasteiger partial charge in [0.25, 0.3) is 0 Å². The first-order chi connectivity index (χ1) is 6.34. The molecule has 0 spiro atoms. The summed E-state index contributed by atoms with van der Waals surface area (Å²) in [5.41, 5.74) is 1.25. The average Bonchev–Trinajstić information content (AvgIpc) is 2.12. The van der Waals surface area contributed by atoms with E-state index >= 15 is 0 Å². The molecule has 0 atom stereocenters. The Balaban J connectivity index is 1.74. The SMILES string of the molecule is OC1CC(NCc2ccncc2)C1. The quantitative estimate of drug-likeness (QED) is 0.716. The minimum absolute atomic E-state index is 0.0741. The zero-order valence-electron chi connectivity index (χ0n) is 7.48. The summed E-state index contributed by atoms with van der Waals surface area (Å²) in [5.74, 6) is 0. The number of aromatic nitrogens is 1. The maximum absolute atomic E-state index is 9.07. The standard InChI is InChI=1S/C10H14N2O/c13-10-5-9(6-10)12-7-8-1-3-11-4-2-8/h1-4,9-10,12-13H,5-7H2. The van der Waals surface area contributed by atoms with Crippen molar-refractivity contribution in [1.29, 1.82) is 0 Å². The highest BCUT2D eigenvalue weighted by atomic mass is 16.3. The van der Waals surface area contributed by atoms with Gasteiger partial charge in [0.05, 0.1) is 6.10 Å². The van der Waals surface area contributed by atoms with Gasteiger partial charge in [-0.15, -0.1) is 0 Å². The van der Waals surface area contributed by atoms with Gasteiger partial charge in [-0.25, -0.2) is 0 Å².